The normalized spacial score (nSPS) is 11.8. The van der Waals surface area contributed by atoms with Gasteiger partial charge in [0, 0.05) is 11.3 Å². The second-order valence-corrected chi connectivity index (χ2v) is 8.78. The van der Waals surface area contributed by atoms with Crippen LogP contribution in [-0.4, -0.2) is 20.5 Å². The van der Waals surface area contributed by atoms with Gasteiger partial charge in [0.25, 0.3) is 12.3 Å². The van der Waals surface area contributed by atoms with Gasteiger partial charge in [-0.3, -0.25) is 4.79 Å². The molecule has 0 unspecified atom stereocenters. The smallest absolute Gasteiger partial charge is 0.280 e. The molecule has 32 heavy (non-hydrogen) atoms. The van der Waals surface area contributed by atoms with Gasteiger partial charge in [0.05, 0.1) is 11.9 Å². The second-order valence-electron chi connectivity index (χ2n) is 8.78. The molecule has 0 saturated carbocycles. The molecule has 164 valence electrons. The number of anilines is 1. The van der Waals surface area contributed by atoms with E-state index in [-0.39, 0.29) is 22.3 Å². The highest BCUT2D eigenvalue weighted by atomic mass is 19.3. The van der Waals surface area contributed by atoms with Gasteiger partial charge in [-0.25, -0.2) is 18.3 Å². The summed E-state index contributed by atoms with van der Waals surface area (Å²) in [4.78, 5) is 17.7. The van der Waals surface area contributed by atoms with Crippen molar-refractivity contribution in [3.05, 3.63) is 83.2 Å². The Hall–Kier alpha value is -3.61. The predicted molar refractivity (Wildman–Crippen MR) is 121 cm³/mol. The number of aryl methyl sites for hydroxylation is 1. The van der Waals surface area contributed by atoms with Crippen LogP contribution in [0.4, 0.5) is 14.5 Å². The maximum atomic E-state index is 13.8. The van der Waals surface area contributed by atoms with E-state index in [1.165, 1.54) is 12.3 Å². The topological polar surface area (TPSA) is 59.3 Å². The van der Waals surface area contributed by atoms with E-state index >= 15 is 0 Å². The Morgan fingerprint density at radius 2 is 1.75 bits per heavy atom. The number of benzene rings is 2. The van der Waals surface area contributed by atoms with Crippen LogP contribution in [0.15, 0.2) is 60.8 Å². The molecule has 5 nitrogen and oxygen atoms in total. The summed E-state index contributed by atoms with van der Waals surface area (Å²) in [5.41, 5.74) is 3.42. The van der Waals surface area contributed by atoms with Gasteiger partial charge in [0.2, 0.25) is 0 Å². The molecule has 0 bridgehead atoms. The highest BCUT2D eigenvalue weighted by Crippen LogP contribution is 2.31. The molecule has 1 amide bonds. The Bertz CT molecular complexity index is 1290. The second kappa shape index (κ2) is 8.15. The number of halogens is 2. The van der Waals surface area contributed by atoms with Gasteiger partial charge >= 0.3 is 0 Å². The number of rotatable bonds is 4. The molecule has 0 atom stereocenters. The summed E-state index contributed by atoms with van der Waals surface area (Å²) in [6.45, 7) is 8.10. The minimum absolute atomic E-state index is 0.0871. The lowest BCUT2D eigenvalue weighted by atomic mass is 9.86. The number of hydrogen-bond donors (Lipinski definition) is 1. The molecule has 0 fully saturated rings. The summed E-state index contributed by atoms with van der Waals surface area (Å²) < 4.78 is 28.7. The number of amides is 1. The lowest BCUT2D eigenvalue weighted by Gasteiger charge is -2.22. The molecule has 0 aliphatic rings. The third-order valence-electron chi connectivity index (χ3n) is 5.30. The number of carbonyl (C=O) groups is 1. The molecule has 7 heteroatoms. The summed E-state index contributed by atoms with van der Waals surface area (Å²) in [6.07, 6.45) is -1.50. The molecule has 0 radical (unpaired) electrons. The molecule has 0 aliphatic carbocycles. The maximum Gasteiger partial charge on any atom is 0.280 e. The fraction of sp³-hybridized carbons (Fsp3) is 0.240. The molecule has 2 aromatic heterocycles. The molecular weight excluding hydrogens is 410 g/mol. The Labute approximate surface area is 185 Å². The maximum absolute atomic E-state index is 13.8. The average molecular weight is 434 g/mol. The summed E-state index contributed by atoms with van der Waals surface area (Å²) in [7, 11) is 0. The number of nitrogens with zero attached hydrogens (tertiary/aromatic N) is 3. The number of hydrogen-bond acceptors (Lipinski definition) is 3. The van der Waals surface area contributed by atoms with Gasteiger partial charge in [-0.2, -0.15) is 5.10 Å². The molecule has 2 aromatic carbocycles. The number of fused-ring (bicyclic) bond motifs is 1. The molecular formula is C25H24F2N4O. The quantitative estimate of drug-likeness (QED) is 0.416. The van der Waals surface area contributed by atoms with Crippen LogP contribution in [-0.2, 0) is 5.41 Å². The molecule has 2 heterocycles. The lowest BCUT2D eigenvalue weighted by molar-refractivity contribution is 0.102. The van der Waals surface area contributed by atoms with Gasteiger partial charge in [0.15, 0.2) is 5.65 Å². The van der Waals surface area contributed by atoms with E-state index in [4.69, 9.17) is 0 Å². The highest BCUT2D eigenvalue weighted by molar-refractivity contribution is 6.08. The Morgan fingerprint density at radius 3 is 2.41 bits per heavy atom. The van der Waals surface area contributed by atoms with Crippen LogP contribution in [0.1, 0.15) is 54.4 Å². The largest absolute Gasteiger partial charge is 0.322 e. The van der Waals surface area contributed by atoms with Crippen LogP contribution in [0.3, 0.4) is 0 Å². The fourth-order valence-corrected chi connectivity index (χ4v) is 3.61. The molecule has 0 saturated heterocycles. The lowest BCUT2D eigenvalue weighted by Crippen LogP contribution is -2.19. The van der Waals surface area contributed by atoms with E-state index in [0.29, 0.717) is 16.9 Å². The number of carbonyl (C=O) groups excluding carboxylic acids is 1. The van der Waals surface area contributed by atoms with Crippen molar-refractivity contribution in [1.29, 1.82) is 0 Å². The first-order chi connectivity index (χ1) is 15.1. The van der Waals surface area contributed by atoms with Crippen LogP contribution >= 0.6 is 0 Å². The summed E-state index contributed by atoms with van der Waals surface area (Å²) in [5, 5.41) is 6.94. The number of para-hydroxylation sites is 1. The van der Waals surface area contributed by atoms with Crippen molar-refractivity contribution < 1.29 is 13.6 Å². The third kappa shape index (κ3) is 4.10. The van der Waals surface area contributed by atoms with E-state index in [1.807, 2.05) is 55.5 Å². The SMILES string of the molecule is Cc1ccc(-c2cc(C(F)F)n3ncc(C(=O)Nc4ccccc4C(C)(C)C)c3n2)cc1. The molecule has 0 aliphatic heterocycles. The zero-order valence-corrected chi connectivity index (χ0v) is 18.4. The Kier molecular flexibility index (Phi) is 5.50. The molecule has 4 rings (SSSR count). The van der Waals surface area contributed by atoms with Crippen LogP contribution < -0.4 is 5.32 Å². The van der Waals surface area contributed by atoms with Gasteiger partial charge < -0.3 is 5.32 Å². The zero-order chi connectivity index (χ0) is 23.0. The van der Waals surface area contributed by atoms with Crippen LogP contribution in [0.25, 0.3) is 16.9 Å². The van der Waals surface area contributed by atoms with Gasteiger partial charge in [-0.15, -0.1) is 0 Å². The van der Waals surface area contributed by atoms with Crippen molar-refractivity contribution >= 4 is 17.2 Å². The van der Waals surface area contributed by atoms with E-state index in [0.717, 1.165) is 15.6 Å². The zero-order valence-electron chi connectivity index (χ0n) is 18.4. The van der Waals surface area contributed by atoms with Crippen LogP contribution in [0.5, 0.6) is 0 Å². The van der Waals surface area contributed by atoms with Crippen molar-refractivity contribution in [3.63, 3.8) is 0 Å². The van der Waals surface area contributed by atoms with Crippen molar-refractivity contribution in [2.75, 3.05) is 5.32 Å². The van der Waals surface area contributed by atoms with Gasteiger partial charge in [-0.1, -0.05) is 68.8 Å². The van der Waals surface area contributed by atoms with Crippen molar-refractivity contribution in [2.24, 2.45) is 0 Å². The third-order valence-corrected chi connectivity index (χ3v) is 5.30. The first-order valence-electron chi connectivity index (χ1n) is 10.3. The minimum atomic E-state index is -2.78. The molecule has 4 aromatic rings. The number of alkyl halides is 2. The fourth-order valence-electron chi connectivity index (χ4n) is 3.61. The van der Waals surface area contributed by atoms with E-state index in [9.17, 15) is 13.6 Å². The minimum Gasteiger partial charge on any atom is -0.322 e. The van der Waals surface area contributed by atoms with Crippen LogP contribution in [0.2, 0.25) is 0 Å². The van der Waals surface area contributed by atoms with E-state index in [2.05, 4.69) is 36.2 Å². The van der Waals surface area contributed by atoms with Gasteiger partial charge in [0.1, 0.15) is 11.3 Å². The first-order valence-corrected chi connectivity index (χ1v) is 10.3. The number of aromatic nitrogens is 3. The monoisotopic (exact) mass is 434 g/mol. The summed E-state index contributed by atoms with van der Waals surface area (Å²) in [5.74, 6) is -0.453. The molecule has 1 N–H and O–H groups in total. The van der Waals surface area contributed by atoms with Crippen molar-refractivity contribution in [1.82, 2.24) is 14.6 Å². The van der Waals surface area contributed by atoms with E-state index in [1.54, 1.807) is 0 Å². The summed E-state index contributed by atoms with van der Waals surface area (Å²) in [6, 6.07) is 16.2. The average Bonchev–Trinajstić information content (AvgIpc) is 3.17. The Balaban J connectivity index is 1.80. The number of nitrogens with one attached hydrogen (secondary N) is 1. The highest BCUT2D eigenvalue weighted by Gasteiger charge is 2.23. The van der Waals surface area contributed by atoms with Gasteiger partial charge in [-0.05, 0) is 30.0 Å². The standard InChI is InChI=1S/C25H24F2N4O/c1-15-9-11-16(12-10-15)20-13-21(22(26)27)31-23(29-20)17(14-28-31)24(32)30-19-8-6-5-7-18(19)25(2,3)4/h5-14,22H,1-4H3,(H,30,32). The summed E-state index contributed by atoms with van der Waals surface area (Å²) >= 11 is 0. The molecule has 0 spiro atoms. The van der Waals surface area contributed by atoms with E-state index < -0.39 is 12.3 Å². The van der Waals surface area contributed by atoms with Crippen molar-refractivity contribution in [2.45, 2.75) is 39.5 Å². The Morgan fingerprint density at radius 1 is 1.06 bits per heavy atom. The predicted octanol–water partition coefficient (Wildman–Crippen LogP) is 6.19. The first kappa shape index (κ1) is 21.6. The van der Waals surface area contributed by atoms with Crippen LogP contribution in [0, 0.1) is 6.92 Å². The van der Waals surface area contributed by atoms with Crippen molar-refractivity contribution in [3.8, 4) is 11.3 Å².